The van der Waals surface area contributed by atoms with Gasteiger partial charge in [-0.05, 0) is 28.1 Å². The number of carbonyl (C=O) groups is 1. The zero-order valence-electron chi connectivity index (χ0n) is 8.61. The van der Waals surface area contributed by atoms with E-state index in [0.717, 1.165) is 4.88 Å². The number of aromatic nitrogens is 1. The summed E-state index contributed by atoms with van der Waals surface area (Å²) in [5.74, 6) is -0.764. The van der Waals surface area contributed by atoms with E-state index in [-0.39, 0.29) is 15.9 Å². The molecule has 88 valence electrons. The van der Waals surface area contributed by atoms with E-state index in [2.05, 4.69) is 26.2 Å². The summed E-state index contributed by atoms with van der Waals surface area (Å²) in [6.07, 6.45) is 1.69. The minimum absolute atomic E-state index is 0.182. The Morgan fingerprint density at radius 3 is 3.06 bits per heavy atom. The van der Waals surface area contributed by atoms with Gasteiger partial charge in [0.25, 0.3) is 5.91 Å². The van der Waals surface area contributed by atoms with Crippen molar-refractivity contribution >= 4 is 33.2 Å². The first-order valence-electron chi connectivity index (χ1n) is 4.78. The molecule has 6 heteroatoms. The van der Waals surface area contributed by atoms with Gasteiger partial charge in [0.1, 0.15) is 5.82 Å². The summed E-state index contributed by atoms with van der Waals surface area (Å²) in [6, 6.07) is 4.36. The summed E-state index contributed by atoms with van der Waals surface area (Å²) in [7, 11) is 0. The maximum Gasteiger partial charge on any atom is 0.252 e. The van der Waals surface area contributed by atoms with Crippen LogP contribution in [0.4, 0.5) is 4.39 Å². The SMILES string of the molecule is O=C(NCc1cncs1)c1cccc(F)c1Br. The molecule has 1 aromatic heterocycles. The molecule has 3 nitrogen and oxygen atoms in total. The molecule has 1 aromatic carbocycles. The third kappa shape index (κ3) is 2.89. The lowest BCUT2D eigenvalue weighted by molar-refractivity contribution is 0.0950. The normalized spacial score (nSPS) is 10.2. The fourth-order valence-corrected chi connectivity index (χ4v) is 2.25. The number of halogens is 2. The molecule has 1 heterocycles. The van der Waals surface area contributed by atoms with Gasteiger partial charge in [-0.1, -0.05) is 6.07 Å². The van der Waals surface area contributed by atoms with Gasteiger partial charge in [0.2, 0.25) is 0 Å². The minimum atomic E-state index is -0.449. The number of hydrogen-bond donors (Lipinski definition) is 1. The molecule has 0 aliphatic carbocycles. The van der Waals surface area contributed by atoms with Crippen LogP contribution in [0, 0.1) is 5.82 Å². The lowest BCUT2D eigenvalue weighted by Gasteiger charge is -2.05. The molecule has 0 atom stereocenters. The lowest BCUT2D eigenvalue weighted by atomic mass is 10.2. The average Bonchev–Trinajstić information content (AvgIpc) is 2.82. The van der Waals surface area contributed by atoms with Crippen molar-refractivity contribution in [3.63, 3.8) is 0 Å². The summed E-state index contributed by atoms with van der Waals surface area (Å²) in [5.41, 5.74) is 1.98. The van der Waals surface area contributed by atoms with Crippen LogP contribution >= 0.6 is 27.3 Å². The molecule has 1 amide bonds. The molecule has 2 rings (SSSR count). The van der Waals surface area contributed by atoms with Crippen LogP contribution in [0.25, 0.3) is 0 Å². The fourth-order valence-electron chi connectivity index (χ4n) is 1.27. The highest BCUT2D eigenvalue weighted by molar-refractivity contribution is 9.10. The zero-order chi connectivity index (χ0) is 12.3. The van der Waals surface area contributed by atoms with Crippen molar-refractivity contribution in [2.75, 3.05) is 0 Å². The van der Waals surface area contributed by atoms with Crippen LogP contribution in [0.2, 0.25) is 0 Å². The van der Waals surface area contributed by atoms with Crippen molar-refractivity contribution in [1.29, 1.82) is 0 Å². The zero-order valence-corrected chi connectivity index (χ0v) is 11.0. The highest BCUT2D eigenvalue weighted by Crippen LogP contribution is 2.20. The van der Waals surface area contributed by atoms with Gasteiger partial charge < -0.3 is 5.32 Å². The third-order valence-electron chi connectivity index (χ3n) is 2.10. The van der Waals surface area contributed by atoms with Crippen LogP contribution in [-0.4, -0.2) is 10.9 Å². The fraction of sp³-hybridized carbons (Fsp3) is 0.0909. The standard InChI is InChI=1S/C11H8BrFN2OS/c12-10-8(2-1-3-9(10)13)11(16)15-5-7-4-14-6-17-7/h1-4,6H,5H2,(H,15,16). The first kappa shape index (κ1) is 12.2. The van der Waals surface area contributed by atoms with Crippen molar-refractivity contribution < 1.29 is 9.18 Å². The van der Waals surface area contributed by atoms with Crippen molar-refractivity contribution in [3.05, 3.63) is 50.6 Å². The van der Waals surface area contributed by atoms with Crippen LogP contribution in [0.5, 0.6) is 0 Å². The second-order valence-corrected chi connectivity index (χ2v) is 5.02. The number of benzene rings is 1. The van der Waals surface area contributed by atoms with E-state index in [0.29, 0.717) is 6.54 Å². The summed E-state index contributed by atoms with van der Waals surface area (Å²) in [4.78, 5) is 16.6. The van der Waals surface area contributed by atoms with Crippen LogP contribution < -0.4 is 5.32 Å². The van der Waals surface area contributed by atoms with E-state index < -0.39 is 5.82 Å². The van der Waals surface area contributed by atoms with Crippen LogP contribution in [0.15, 0.2) is 34.4 Å². The average molecular weight is 315 g/mol. The van der Waals surface area contributed by atoms with E-state index in [9.17, 15) is 9.18 Å². The van der Waals surface area contributed by atoms with E-state index in [1.807, 2.05) is 0 Å². The number of amides is 1. The number of thiazole rings is 1. The molecule has 0 bridgehead atoms. The van der Waals surface area contributed by atoms with Gasteiger partial charge in [-0.15, -0.1) is 11.3 Å². The number of carbonyl (C=O) groups excluding carboxylic acids is 1. The second-order valence-electron chi connectivity index (χ2n) is 3.25. The van der Waals surface area contributed by atoms with Gasteiger partial charge in [0.15, 0.2) is 0 Å². The predicted octanol–water partition coefficient (Wildman–Crippen LogP) is 2.97. The smallest absolute Gasteiger partial charge is 0.252 e. The highest BCUT2D eigenvalue weighted by atomic mass is 79.9. The molecule has 17 heavy (non-hydrogen) atoms. The van der Waals surface area contributed by atoms with Gasteiger partial charge in [-0.2, -0.15) is 0 Å². The maximum atomic E-state index is 13.2. The summed E-state index contributed by atoms with van der Waals surface area (Å²) in [6.45, 7) is 0.395. The molecular formula is C11H8BrFN2OS. The van der Waals surface area contributed by atoms with Crippen molar-refractivity contribution in [1.82, 2.24) is 10.3 Å². The molecule has 0 aliphatic rings. The first-order valence-corrected chi connectivity index (χ1v) is 6.45. The Balaban J connectivity index is 2.07. The quantitative estimate of drug-likeness (QED) is 0.946. The molecule has 0 saturated carbocycles. The third-order valence-corrected chi connectivity index (χ3v) is 3.69. The predicted molar refractivity (Wildman–Crippen MR) is 67.4 cm³/mol. The molecule has 0 saturated heterocycles. The Morgan fingerprint density at radius 1 is 1.53 bits per heavy atom. The van der Waals surface area contributed by atoms with Crippen molar-refractivity contribution in [3.8, 4) is 0 Å². The van der Waals surface area contributed by atoms with E-state index in [1.165, 1.54) is 23.5 Å². The molecule has 0 unspecified atom stereocenters. The monoisotopic (exact) mass is 314 g/mol. The van der Waals surface area contributed by atoms with Gasteiger partial charge in [0, 0.05) is 11.1 Å². The van der Waals surface area contributed by atoms with Gasteiger partial charge in [0.05, 0.1) is 22.1 Å². The number of nitrogens with zero attached hydrogens (tertiary/aromatic N) is 1. The number of nitrogens with one attached hydrogen (secondary N) is 1. The Morgan fingerprint density at radius 2 is 2.35 bits per heavy atom. The molecule has 0 spiro atoms. The van der Waals surface area contributed by atoms with Crippen molar-refractivity contribution in [2.45, 2.75) is 6.54 Å². The lowest BCUT2D eigenvalue weighted by Crippen LogP contribution is -2.22. The van der Waals surface area contributed by atoms with E-state index in [4.69, 9.17) is 0 Å². The second kappa shape index (κ2) is 5.37. The summed E-state index contributed by atoms with van der Waals surface area (Å²) in [5, 5.41) is 2.70. The minimum Gasteiger partial charge on any atom is -0.347 e. The first-order chi connectivity index (χ1) is 8.18. The summed E-state index contributed by atoms with van der Waals surface area (Å²) < 4.78 is 13.4. The highest BCUT2D eigenvalue weighted by Gasteiger charge is 2.12. The molecule has 2 aromatic rings. The summed E-state index contributed by atoms with van der Waals surface area (Å²) >= 11 is 4.51. The Labute approximate surface area is 110 Å². The van der Waals surface area contributed by atoms with Crippen LogP contribution in [0.3, 0.4) is 0 Å². The molecular weight excluding hydrogens is 307 g/mol. The topological polar surface area (TPSA) is 42.0 Å². The number of hydrogen-bond acceptors (Lipinski definition) is 3. The largest absolute Gasteiger partial charge is 0.347 e. The Bertz CT molecular complexity index is 530. The molecule has 1 N–H and O–H groups in total. The van der Waals surface area contributed by atoms with Gasteiger partial charge >= 0.3 is 0 Å². The van der Waals surface area contributed by atoms with E-state index in [1.54, 1.807) is 17.8 Å². The van der Waals surface area contributed by atoms with Crippen LogP contribution in [-0.2, 0) is 6.54 Å². The Kier molecular flexibility index (Phi) is 3.86. The van der Waals surface area contributed by atoms with Gasteiger partial charge in [-0.25, -0.2) is 4.39 Å². The van der Waals surface area contributed by atoms with E-state index >= 15 is 0 Å². The molecule has 0 radical (unpaired) electrons. The number of rotatable bonds is 3. The van der Waals surface area contributed by atoms with Crippen LogP contribution in [0.1, 0.15) is 15.2 Å². The maximum absolute atomic E-state index is 13.2. The molecule has 0 fully saturated rings. The van der Waals surface area contributed by atoms with Gasteiger partial charge in [-0.3, -0.25) is 9.78 Å². The molecule has 0 aliphatic heterocycles. The van der Waals surface area contributed by atoms with Crippen molar-refractivity contribution in [2.24, 2.45) is 0 Å². The Hall–Kier alpha value is -1.27.